The number of rotatable bonds is 3. The number of likely N-dealkylation sites (tertiary alicyclic amines) is 2. The van der Waals surface area contributed by atoms with Crippen LogP contribution >= 0.6 is 11.6 Å². The summed E-state index contributed by atoms with van der Waals surface area (Å²) in [6.45, 7) is 2.94. The van der Waals surface area contributed by atoms with Crippen molar-refractivity contribution in [2.24, 2.45) is 5.41 Å². The smallest absolute Gasteiger partial charge is 0.339 e. The van der Waals surface area contributed by atoms with Crippen LogP contribution in [-0.4, -0.2) is 54.6 Å². The standard InChI is InChI=1S/C25H28ClF3N2O/c1-18-11-20(13-22(26)12-18)23(32)31-9-7-24(8-10-31)14-21(19-5-3-2-4-6-19)15-30(16-24)17-25(27,28)29/h2-6,11-13,21H,7-10,14-17H2,1H3. The highest BCUT2D eigenvalue weighted by molar-refractivity contribution is 6.31. The Balaban J connectivity index is 1.50. The number of aryl methyl sites for hydroxylation is 1. The molecule has 1 unspecified atom stereocenters. The maximum absolute atomic E-state index is 13.2. The number of carbonyl (C=O) groups is 1. The fourth-order valence-electron chi connectivity index (χ4n) is 5.41. The third kappa shape index (κ3) is 5.46. The molecule has 0 bridgehead atoms. The molecule has 3 nitrogen and oxygen atoms in total. The molecule has 2 saturated heterocycles. The number of amides is 1. The third-order valence-electron chi connectivity index (χ3n) is 6.79. The molecule has 2 heterocycles. The lowest BCUT2D eigenvalue weighted by molar-refractivity contribution is -0.155. The average Bonchev–Trinajstić information content (AvgIpc) is 2.72. The molecule has 7 heteroatoms. The number of hydrogen-bond acceptors (Lipinski definition) is 2. The molecule has 0 aromatic heterocycles. The molecule has 2 aliphatic rings. The van der Waals surface area contributed by atoms with Crippen molar-refractivity contribution >= 4 is 17.5 Å². The van der Waals surface area contributed by atoms with Crippen LogP contribution in [0.4, 0.5) is 13.2 Å². The minimum absolute atomic E-state index is 0.0603. The Morgan fingerprint density at radius 1 is 1.12 bits per heavy atom. The number of piperidine rings is 2. The first-order valence-corrected chi connectivity index (χ1v) is 11.4. The Morgan fingerprint density at radius 2 is 1.81 bits per heavy atom. The van der Waals surface area contributed by atoms with Gasteiger partial charge < -0.3 is 4.90 Å². The summed E-state index contributed by atoms with van der Waals surface area (Å²) in [7, 11) is 0. The SMILES string of the molecule is Cc1cc(Cl)cc(C(=O)N2CCC3(CC2)CC(c2ccccc2)CN(CC(F)(F)F)C3)c1. The molecule has 2 fully saturated rings. The Labute approximate surface area is 192 Å². The summed E-state index contributed by atoms with van der Waals surface area (Å²) in [4.78, 5) is 16.4. The molecule has 172 valence electrons. The number of halogens is 4. The van der Waals surface area contributed by atoms with Crippen molar-refractivity contribution in [3.63, 3.8) is 0 Å². The van der Waals surface area contributed by atoms with Gasteiger partial charge in [-0.2, -0.15) is 13.2 Å². The maximum Gasteiger partial charge on any atom is 0.401 e. The number of hydrogen-bond donors (Lipinski definition) is 0. The fraction of sp³-hybridized carbons (Fsp3) is 0.480. The van der Waals surface area contributed by atoms with Crippen molar-refractivity contribution in [3.05, 3.63) is 70.2 Å². The van der Waals surface area contributed by atoms with Gasteiger partial charge in [0, 0.05) is 36.8 Å². The predicted molar refractivity (Wildman–Crippen MR) is 120 cm³/mol. The Hall–Kier alpha value is -2.05. The summed E-state index contributed by atoms with van der Waals surface area (Å²) in [6, 6.07) is 15.2. The van der Waals surface area contributed by atoms with Gasteiger partial charge >= 0.3 is 6.18 Å². The van der Waals surface area contributed by atoms with E-state index in [2.05, 4.69) is 0 Å². The molecule has 2 aromatic rings. The zero-order chi connectivity index (χ0) is 22.9. The van der Waals surface area contributed by atoms with Crippen LogP contribution in [0.3, 0.4) is 0 Å². The van der Waals surface area contributed by atoms with Gasteiger partial charge in [0.05, 0.1) is 6.54 Å². The van der Waals surface area contributed by atoms with E-state index < -0.39 is 12.7 Å². The Kier molecular flexibility index (Phi) is 6.55. The molecule has 1 spiro atoms. The molecule has 0 radical (unpaired) electrons. The lowest BCUT2D eigenvalue weighted by atomic mass is 9.68. The summed E-state index contributed by atoms with van der Waals surface area (Å²) in [5.41, 5.74) is 2.36. The highest BCUT2D eigenvalue weighted by Gasteiger charge is 2.45. The third-order valence-corrected chi connectivity index (χ3v) is 7.01. The second kappa shape index (κ2) is 9.06. The Bertz CT molecular complexity index is 935. The molecular weight excluding hydrogens is 437 g/mol. The molecule has 2 aliphatic heterocycles. The highest BCUT2D eigenvalue weighted by Crippen LogP contribution is 2.45. The number of benzene rings is 2. The van der Waals surface area contributed by atoms with E-state index in [1.54, 1.807) is 11.0 Å². The van der Waals surface area contributed by atoms with Crippen LogP contribution in [0.5, 0.6) is 0 Å². The Morgan fingerprint density at radius 3 is 2.44 bits per heavy atom. The zero-order valence-electron chi connectivity index (χ0n) is 18.2. The first-order valence-electron chi connectivity index (χ1n) is 11.0. The molecule has 0 N–H and O–H groups in total. The van der Waals surface area contributed by atoms with Crippen LogP contribution in [-0.2, 0) is 0 Å². The van der Waals surface area contributed by atoms with Crippen LogP contribution in [0.1, 0.15) is 46.7 Å². The van der Waals surface area contributed by atoms with Crippen molar-refractivity contribution in [1.82, 2.24) is 9.80 Å². The fourth-order valence-corrected chi connectivity index (χ4v) is 5.70. The molecule has 4 rings (SSSR count). The normalized spacial score (nSPS) is 21.7. The molecular formula is C25H28ClF3N2O. The molecule has 1 amide bonds. The summed E-state index contributed by atoms with van der Waals surface area (Å²) in [5, 5.41) is 0.530. The largest absolute Gasteiger partial charge is 0.401 e. The van der Waals surface area contributed by atoms with Crippen molar-refractivity contribution in [3.8, 4) is 0 Å². The van der Waals surface area contributed by atoms with Gasteiger partial charge in [-0.25, -0.2) is 0 Å². The summed E-state index contributed by atoms with van der Waals surface area (Å²) in [6.07, 6.45) is -1.96. The first-order chi connectivity index (χ1) is 15.1. The summed E-state index contributed by atoms with van der Waals surface area (Å²) >= 11 is 6.12. The lowest BCUT2D eigenvalue weighted by Crippen LogP contribution is -2.54. The summed E-state index contributed by atoms with van der Waals surface area (Å²) < 4.78 is 39.7. The quantitative estimate of drug-likeness (QED) is 0.562. The van der Waals surface area contributed by atoms with Gasteiger partial charge in [-0.15, -0.1) is 0 Å². The molecule has 0 aliphatic carbocycles. The first kappa shape index (κ1) is 23.1. The van der Waals surface area contributed by atoms with Gasteiger partial charge in [0.15, 0.2) is 0 Å². The van der Waals surface area contributed by atoms with Gasteiger partial charge in [0.1, 0.15) is 0 Å². The van der Waals surface area contributed by atoms with E-state index in [0.29, 0.717) is 49.6 Å². The van der Waals surface area contributed by atoms with Gasteiger partial charge in [-0.05, 0) is 66.8 Å². The maximum atomic E-state index is 13.2. The second-order valence-electron chi connectivity index (χ2n) is 9.41. The van der Waals surface area contributed by atoms with Crippen molar-refractivity contribution in [2.45, 2.75) is 38.3 Å². The van der Waals surface area contributed by atoms with E-state index in [9.17, 15) is 18.0 Å². The minimum atomic E-state index is -4.22. The van der Waals surface area contributed by atoms with Crippen molar-refractivity contribution < 1.29 is 18.0 Å². The number of carbonyl (C=O) groups excluding carboxylic acids is 1. The summed E-state index contributed by atoms with van der Waals surface area (Å²) in [5.74, 6) is -0.00172. The minimum Gasteiger partial charge on any atom is -0.339 e. The topological polar surface area (TPSA) is 23.6 Å². The van der Waals surface area contributed by atoms with E-state index in [1.165, 1.54) is 0 Å². The monoisotopic (exact) mass is 464 g/mol. The van der Waals surface area contributed by atoms with Crippen molar-refractivity contribution in [1.29, 1.82) is 0 Å². The van der Waals surface area contributed by atoms with E-state index in [4.69, 9.17) is 11.6 Å². The van der Waals surface area contributed by atoms with Gasteiger partial charge in [0.2, 0.25) is 0 Å². The van der Waals surface area contributed by atoms with Crippen LogP contribution < -0.4 is 0 Å². The van der Waals surface area contributed by atoms with E-state index in [1.807, 2.05) is 54.3 Å². The van der Waals surface area contributed by atoms with Crippen LogP contribution in [0, 0.1) is 12.3 Å². The number of alkyl halides is 3. The van der Waals surface area contributed by atoms with E-state index in [0.717, 1.165) is 17.5 Å². The van der Waals surface area contributed by atoms with Crippen LogP contribution in [0.2, 0.25) is 5.02 Å². The van der Waals surface area contributed by atoms with Gasteiger partial charge in [0.25, 0.3) is 5.91 Å². The molecule has 2 aromatic carbocycles. The van der Waals surface area contributed by atoms with Crippen LogP contribution in [0.15, 0.2) is 48.5 Å². The molecule has 1 atom stereocenters. The van der Waals surface area contributed by atoms with Gasteiger partial charge in [-0.1, -0.05) is 41.9 Å². The van der Waals surface area contributed by atoms with E-state index in [-0.39, 0.29) is 17.2 Å². The average molecular weight is 465 g/mol. The number of nitrogens with zero attached hydrogens (tertiary/aromatic N) is 2. The lowest BCUT2D eigenvalue weighted by Gasteiger charge is -2.50. The van der Waals surface area contributed by atoms with Crippen LogP contribution in [0.25, 0.3) is 0 Å². The van der Waals surface area contributed by atoms with Gasteiger partial charge in [-0.3, -0.25) is 9.69 Å². The highest BCUT2D eigenvalue weighted by atomic mass is 35.5. The zero-order valence-corrected chi connectivity index (χ0v) is 18.9. The molecule has 32 heavy (non-hydrogen) atoms. The second-order valence-corrected chi connectivity index (χ2v) is 9.84. The van der Waals surface area contributed by atoms with E-state index >= 15 is 0 Å². The molecule has 0 saturated carbocycles. The predicted octanol–water partition coefficient (Wildman–Crippen LogP) is 5.92. The van der Waals surface area contributed by atoms with Crippen molar-refractivity contribution in [2.75, 3.05) is 32.7 Å².